The summed E-state index contributed by atoms with van der Waals surface area (Å²) in [6.45, 7) is 2.24. The Morgan fingerprint density at radius 3 is 2.72 bits per heavy atom. The van der Waals surface area contributed by atoms with E-state index < -0.39 is 0 Å². The molecule has 0 radical (unpaired) electrons. The number of hydrogen-bond donors (Lipinski definition) is 0. The van der Waals surface area contributed by atoms with Gasteiger partial charge in [-0.05, 0) is 41.9 Å². The quantitative estimate of drug-likeness (QED) is 0.730. The van der Waals surface area contributed by atoms with E-state index >= 15 is 0 Å². The van der Waals surface area contributed by atoms with Crippen LogP contribution in [0.5, 0.6) is 0 Å². The molecule has 0 saturated carbocycles. The molecule has 3 rings (SSSR count). The van der Waals surface area contributed by atoms with E-state index in [2.05, 4.69) is 42.8 Å². The third-order valence-electron chi connectivity index (χ3n) is 3.02. The third kappa shape index (κ3) is 2.37. The highest BCUT2D eigenvalue weighted by atomic mass is 127. The smallest absolute Gasteiger partial charge is 0.187 e. The second-order valence-electron chi connectivity index (χ2n) is 4.23. The number of hydrogen-bond acceptors (Lipinski definition) is 4. The second kappa shape index (κ2) is 5.34. The van der Waals surface area contributed by atoms with Crippen LogP contribution in [0.1, 0.15) is 19.3 Å². The van der Waals surface area contributed by atoms with E-state index in [1.807, 2.05) is 4.57 Å². The van der Waals surface area contributed by atoms with Gasteiger partial charge in [-0.3, -0.25) is 4.57 Å². The minimum atomic E-state index is 0.531. The summed E-state index contributed by atoms with van der Waals surface area (Å²) in [6, 6.07) is 0. The van der Waals surface area contributed by atoms with Gasteiger partial charge in [0.25, 0.3) is 0 Å². The van der Waals surface area contributed by atoms with Crippen LogP contribution in [0.2, 0.25) is 5.15 Å². The zero-order valence-electron chi connectivity index (χ0n) is 9.64. The van der Waals surface area contributed by atoms with Crippen LogP contribution in [0.15, 0.2) is 11.7 Å². The van der Waals surface area contributed by atoms with Gasteiger partial charge in [0.1, 0.15) is 10.0 Å². The summed E-state index contributed by atoms with van der Waals surface area (Å²) in [4.78, 5) is 11.1. The van der Waals surface area contributed by atoms with E-state index in [1.165, 1.54) is 19.3 Å². The number of halogens is 2. The Morgan fingerprint density at radius 2 is 2.06 bits per heavy atom. The Balaban J connectivity index is 1.87. The minimum Gasteiger partial charge on any atom is -0.348 e. The molecule has 1 saturated heterocycles. The third-order valence-corrected chi connectivity index (χ3v) is 5.54. The highest BCUT2D eigenvalue weighted by Gasteiger charge is 2.16. The summed E-state index contributed by atoms with van der Waals surface area (Å²) in [5, 5.41) is 3.69. The first-order valence-electron chi connectivity index (χ1n) is 5.85. The van der Waals surface area contributed by atoms with Crippen molar-refractivity contribution in [2.24, 2.45) is 0 Å². The van der Waals surface area contributed by atoms with Gasteiger partial charge in [0, 0.05) is 18.5 Å². The van der Waals surface area contributed by atoms with Gasteiger partial charge in [-0.25, -0.2) is 9.97 Å². The molecule has 0 atom stereocenters. The van der Waals surface area contributed by atoms with Gasteiger partial charge in [-0.2, -0.15) is 0 Å². The van der Waals surface area contributed by atoms with Gasteiger partial charge in [-0.15, -0.1) is 11.3 Å². The van der Waals surface area contributed by atoms with Crippen LogP contribution in [-0.2, 0) is 0 Å². The molecule has 0 unspecified atom stereocenters. The maximum Gasteiger partial charge on any atom is 0.187 e. The van der Waals surface area contributed by atoms with Crippen molar-refractivity contribution < 1.29 is 0 Å². The monoisotopic (exact) mass is 394 g/mol. The molecular formula is C11H12ClIN4S. The molecule has 3 heterocycles. The summed E-state index contributed by atoms with van der Waals surface area (Å²) in [6.07, 6.45) is 5.59. The van der Waals surface area contributed by atoms with Crippen LogP contribution in [0.3, 0.4) is 0 Å². The Labute approximate surface area is 128 Å². The highest BCUT2D eigenvalue weighted by molar-refractivity contribution is 14.1. The summed E-state index contributed by atoms with van der Waals surface area (Å²) in [5.41, 5.74) is 0. The predicted molar refractivity (Wildman–Crippen MR) is 83.0 cm³/mol. The van der Waals surface area contributed by atoms with Crippen molar-refractivity contribution in [1.29, 1.82) is 0 Å². The number of rotatable bonds is 2. The number of piperidine rings is 1. The Hall–Kier alpha value is -0.340. The molecule has 0 spiro atoms. The molecule has 96 valence electrons. The number of anilines is 1. The molecule has 1 aliphatic heterocycles. The van der Waals surface area contributed by atoms with Crippen LogP contribution in [0, 0.1) is 3.70 Å². The molecule has 0 amide bonds. The lowest BCUT2D eigenvalue weighted by atomic mass is 10.1. The molecular weight excluding hydrogens is 383 g/mol. The average molecular weight is 395 g/mol. The van der Waals surface area contributed by atoms with E-state index in [0.29, 0.717) is 5.15 Å². The van der Waals surface area contributed by atoms with Crippen LogP contribution >= 0.6 is 45.5 Å². The van der Waals surface area contributed by atoms with Crippen molar-refractivity contribution in [3.8, 4) is 5.82 Å². The van der Waals surface area contributed by atoms with Crippen molar-refractivity contribution >= 4 is 50.7 Å². The molecule has 18 heavy (non-hydrogen) atoms. The van der Waals surface area contributed by atoms with Crippen LogP contribution in [-0.4, -0.2) is 27.6 Å². The van der Waals surface area contributed by atoms with Gasteiger partial charge in [0.05, 0.1) is 0 Å². The summed E-state index contributed by atoms with van der Waals surface area (Å²) in [5.74, 6) is 0.907. The number of imidazole rings is 1. The molecule has 1 aliphatic rings. The molecule has 7 heteroatoms. The lowest BCUT2D eigenvalue weighted by Gasteiger charge is -2.25. The zero-order chi connectivity index (χ0) is 12.5. The second-order valence-corrected chi connectivity index (χ2v) is 6.45. The molecule has 1 fully saturated rings. The fraction of sp³-hybridized carbons (Fsp3) is 0.455. The highest BCUT2D eigenvalue weighted by Crippen LogP contribution is 2.27. The Kier molecular flexibility index (Phi) is 3.76. The summed E-state index contributed by atoms with van der Waals surface area (Å²) < 4.78 is 2.83. The zero-order valence-corrected chi connectivity index (χ0v) is 13.4. The minimum absolute atomic E-state index is 0.531. The normalized spacial score (nSPS) is 16.2. The largest absolute Gasteiger partial charge is 0.348 e. The SMILES string of the molecule is Clc1ncn(-c2csc(N3CCCCC3)n2)c1I. The van der Waals surface area contributed by atoms with Gasteiger partial charge >= 0.3 is 0 Å². The fourth-order valence-corrected chi connectivity index (χ4v) is 3.57. The number of nitrogens with zero attached hydrogens (tertiary/aromatic N) is 4. The lowest BCUT2D eigenvalue weighted by molar-refractivity contribution is 0.576. The van der Waals surface area contributed by atoms with Gasteiger partial charge in [0.2, 0.25) is 0 Å². The Bertz CT molecular complexity index is 547. The molecule has 0 bridgehead atoms. The van der Waals surface area contributed by atoms with Crippen LogP contribution in [0.4, 0.5) is 5.13 Å². The van der Waals surface area contributed by atoms with Gasteiger partial charge in [0.15, 0.2) is 16.1 Å². The molecule has 2 aromatic heterocycles. The van der Waals surface area contributed by atoms with Crippen molar-refractivity contribution in [3.05, 3.63) is 20.6 Å². The number of thiazole rings is 1. The standard InChI is InChI=1S/C11H12ClIN4S/c12-9-10(13)17(7-14-9)8-6-18-11(15-8)16-4-2-1-3-5-16/h6-7H,1-5H2. The van der Waals surface area contributed by atoms with Crippen molar-refractivity contribution in [1.82, 2.24) is 14.5 Å². The van der Waals surface area contributed by atoms with E-state index in [1.54, 1.807) is 17.7 Å². The number of aromatic nitrogens is 3. The first kappa shape index (κ1) is 12.7. The van der Waals surface area contributed by atoms with E-state index in [-0.39, 0.29) is 0 Å². The van der Waals surface area contributed by atoms with Crippen molar-refractivity contribution in [2.45, 2.75) is 19.3 Å². The molecule has 4 nitrogen and oxygen atoms in total. The van der Waals surface area contributed by atoms with E-state index in [9.17, 15) is 0 Å². The van der Waals surface area contributed by atoms with Crippen molar-refractivity contribution in [3.63, 3.8) is 0 Å². The predicted octanol–water partition coefficient (Wildman–Crippen LogP) is 3.58. The first-order chi connectivity index (χ1) is 8.75. The van der Waals surface area contributed by atoms with Crippen LogP contribution < -0.4 is 4.90 Å². The maximum atomic E-state index is 5.96. The van der Waals surface area contributed by atoms with Gasteiger partial charge < -0.3 is 4.90 Å². The average Bonchev–Trinajstić information content (AvgIpc) is 3.00. The van der Waals surface area contributed by atoms with Crippen LogP contribution in [0.25, 0.3) is 5.82 Å². The molecule has 0 aromatic carbocycles. The fourth-order valence-electron chi connectivity index (χ4n) is 2.07. The lowest BCUT2D eigenvalue weighted by Crippen LogP contribution is -2.29. The van der Waals surface area contributed by atoms with E-state index in [0.717, 1.165) is 27.7 Å². The molecule has 2 aromatic rings. The summed E-state index contributed by atoms with van der Waals surface area (Å²) >= 11 is 9.84. The van der Waals surface area contributed by atoms with Gasteiger partial charge in [-0.1, -0.05) is 11.6 Å². The maximum absolute atomic E-state index is 5.96. The topological polar surface area (TPSA) is 34.0 Å². The Morgan fingerprint density at radius 1 is 1.28 bits per heavy atom. The summed E-state index contributed by atoms with van der Waals surface area (Å²) in [7, 11) is 0. The van der Waals surface area contributed by atoms with E-state index in [4.69, 9.17) is 11.6 Å². The van der Waals surface area contributed by atoms with Crippen molar-refractivity contribution in [2.75, 3.05) is 18.0 Å². The molecule has 0 aliphatic carbocycles. The first-order valence-corrected chi connectivity index (χ1v) is 8.18. The molecule has 0 N–H and O–H groups in total.